The molecule has 2 heterocycles. The number of hydrogen-bond donors (Lipinski definition) is 8. The quantitative estimate of drug-likeness (QED) is 0.134. The van der Waals surface area contributed by atoms with Crippen molar-refractivity contribution in [3.63, 3.8) is 0 Å². The number of amides is 7. The standard InChI is InChI=1S/C45H64N8O8/c1-8-28(6)38(44(59)60)52-45(61)50-33-20-14-15-21-46-39(54)34(23-29-16-10-9-11-17-29)48-41(56)36(24-30-25-47-32-19-13-12-18-31(30)32)53(7)43(58)35(22-26(2)3)49-42(57)37(27(4)5)51-40(33)55/h9-13,16-19,25-28,33-38,47H,8,14-15,20-24H2,1-7H3,(H,46,54)(H,48,56)(H,49,57)(H,51,55)(H,59,60)(H2,50,52,61)/t28-,33+,34-,35-,36-,37-,38-/m0/s1. The van der Waals surface area contributed by atoms with Gasteiger partial charge in [-0.25, -0.2) is 9.59 Å². The molecule has 61 heavy (non-hydrogen) atoms. The van der Waals surface area contributed by atoms with Crippen molar-refractivity contribution < 1.29 is 38.7 Å². The molecule has 1 fully saturated rings. The Morgan fingerprint density at radius 2 is 1.49 bits per heavy atom. The first kappa shape index (κ1) is 47.7. The lowest BCUT2D eigenvalue weighted by molar-refractivity contribution is -0.143. The van der Waals surface area contributed by atoms with Gasteiger partial charge in [-0.3, -0.25) is 24.0 Å². The zero-order valence-electron chi connectivity index (χ0n) is 36.4. The lowest BCUT2D eigenvalue weighted by atomic mass is 9.97. The van der Waals surface area contributed by atoms with Crippen molar-refractivity contribution in [1.29, 1.82) is 0 Å². The molecule has 7 amide bonds. The van der Waals surface area contributed by atoms with Crippen LogP contribution in [0.5, 0.6) is 0 Å². The Morgan fingerprint density at radius 1 is 0.820 bits per heavy atom. The average molecular weight is 845 g/mol. The Labute approximate surface area is 358 Å². The van der Waals surface area contributed by atoms with Crippen LogP contribution in [0.1, 0.15) is 84.8 Å². The van der Waals surface area contributed by atoms with Gasteiger partial charge in [-0.1, -0.05) is 96.5 Å². The Bertz CT molecular complexity index is 1980. The highest BCUT2D eigenvalue weighted by atomic mass is 16.4. The zero-order chi connectivity index (χ0) is 44.8. The fourth-order valence-electron chi connectivity index (χ4n) is 7.49. The number of carboxylic acids is 1. The molecule has 8 N–H and O–H groups in total. The number of carbonyl (C=O) groups excluding carboxylic acids is 6. The number of fused-ring (bicyclic) bond motifs is 1. The molecular formula is C45H64N8O8. The van der Waals surface area contributed by atoms with Gasteiger partial charge < -0.3 is 46.9 Å². The molecule has 3 aromatic rings. The van der Waals surface area contributed by atoms with Crippen LogP contribution in [-0.2, 0) is 41.6 Å². The largest absolute Gasteiger partial charge is 0.480 e. The smallest absolute Gasteiger partial charge is 0.326 e. The summed E-state index contributed by atoms with van der Waals surface area (Å²) >= 11 is 0. The van der Waals surface area contributed by atoms with E-state index in [0.29, 0.717) is 19.3 Å². The number of carbonyl (C=O) groups is 7. The minimum atomic E-state index is -1.22. The van der Waals surface area contributed by atoms with Crippen LogP contribution in [0, 0.1) is 17.8 Å². The van der Waals surface area contributed by atoms with Crippen LogP contribution in [0.2, 0.25) is 0 Å². The van der Waals surface area contributed by atoms with Crippen LogP contribution in [0.25, 0.3) is 10.9 Å². The molecule has 4 rings (SSSR count). The number of H-pyrrole nitrogens is 1. The molecule has 332 valence electrons. The van der Waals surface area contributed by atoms with E-state index in [4.69, 9.17) is 0 Å². The predicted molar refractivity (Wildman–Crippen MR) is 232 cm³/mol. The van der Waals surface area contributed by atoms with Crippen molar-refractivity contribution in [3.05, 3.63) is 71.9 Å². The normalized spacial score (nSPS) is 22.5. The van der Waals surface area contributed by atoms with Crippen molar-refractivity contribution >= 4 is 52.4 Å². The number of aliphatic carboxylic acids is 1. The van der Waals surface area contributed by atoms with Gasteiger partial charge in [0.25, 0.3) is 0 Å². The van der Waals surface area contributed by atoms with Gasteiger partial charge in [0, 0.05) is 43.5 Å². The Morgan fingerprint density at radius 3 is 2.15 bits per heavy atom. The fourth-order valence-corrected chi connectivity index (χ4v) is 7.49. The second-order valence-electron chi connectivity index (χ2n) is 16.9. The monoisotopic (exact) mass is 844 g/mol. The molecule has 16 nitrogen and oxygen atoms in total. The number of benzene rings is 2. The van der Waals surface area contributed by atoms with E-state index in [9.17, 15) is 38.7 Å². The van der Waals surface area contributed by atoms with E-state index in [1.54, 1.807) is 33.9 Å². The van der Waals surface area contributed by atoms with Gasteiger partial charge in [0.1, 0.15) is 36.3 Å². The van der Waals surface area contributed by atoms with E-state index < -0.39 is 89.6 Å². The van der Waals surface area contributed by atoms with Gasteiger partial charge in [-0.05, 0) is 60.6 Å². The molecule has 0 aliphatic carbocycles. The Balaban J connectivity index is 1.73. The van der Waals surface area contributed by atoms with E-state index in [0.717, 1.165) is 22.0 Å². The van der Waals surface area contributed by atoms with Crippen LogP contribution in [-0.4, -0.2) is 106 Å². The first-order chi connectivity index (χ1) is 29.0. The summed E-state index contributed by atoms with van der Waals surface area (Å²) in [5.41, 5.74) is 2.43. The highest BCUT2D eigenvalue weighted by Crippen LogP contribution is 2.22. The van der Waals surface area contributed by atoms with E-state index in [1.807, 2.05) is 68.4 Å². The summed E-state index contributed by atoms with van der Waals surface area (Å²) in [7, 11) is 1.51. The number of likely N-dealkylation sites (N-methyl/N-ethyl adjacent to an activating group) is 1. The number of aromatic nitrogens is 1. The summed E-state index contributed by atoms with van der Waals surface area (Å²) < 4.78 is 0. The van der Waals surface area contributed by atoms with Crippen LogP contribution in [0.15, 0.2) is 60.8 Å². The fraction of sp³-hybridized carbons (Fsp3) is 0.533. The number of nitrogens with zero attached hydrogens (tertiary/aromatic N) is 1. The third-order valence-corrected chi connectivity index (χ3v) is 11.3. The first-order valence-corrected chi connectivity index (χ1v) is 21.3. The summed E-state index contributed by atoms with van der Waals surface area (Å²) in [5.74, 6) is -5.00. The van der Waals surface area contributed by atoms with E-state index >= 15 is 0 Å². The van der Waals surface area contributed by atoms with Gasteiger partial charge in [0.05, 0.1) is 0 Å². The van der Waals surface area contributed by atoms with Crippen LogP contribution in [0.4, 0.5) is 4.79 Å². The molecule has 0 radical (unpaired) electrons. The minimum absolute atomic E-state index is 0.0756. The Hall–Kier alpha value is -5.93. The highest BCUT2D eigenvalue weighted by molar-refractivity contribution is 5.97. The van der Waals surface area contributed by atoms with Crippen molar-refractivity contribution in [3.8, 4) is 0 Å². The topological polar surface area (TPSA) is 231 Å². The maximum absolute atomic E-state index is 14.6. The van der Waals surface area contributed by atoms with Crippen LogP contribution >= 0.6 is 0 Å². The van der Waals surface area contributed by atoms with Crippen LogP contribution in [0.3, 0.4) is 0 Å². The summed E-state index contributed by atoms with van der Waals surface area (Å²) in [6, 6.07) is 9.21. The third kappa shape index (κ3) is 13.5. The Kier molecular flexibility index (Phi) is 17.7. The molecule has 16 heteroatoms. The molecule has 1 saturated heterocycles. The summed E-state index contributed by atoms with van der Waals surface area (Å²) in [5, 5.41) is 27.2. The summed E-state index contributed by atoms with van der Waals surface area (Å²) in [6.07, 6.45) is 3.54. The van der Waals surface area contributed by atoms with Gasteiger partial charge >= 0.3 is 12.0 Å². The molecule has 2 aromatic carbocycles. The van der Waals surface area contributed by atoms with Gasteiger partial charge in [-0.2, -0.15) is 0 Å². The third-order valence-electron chi connectivity index (χ3n) is 11.3. The number of carboxylic acid groups (broad SMARTS) is 1. The number of para-hydroxylation sites is 1. The molecule has 0 saturated carbocycles. The van der Waals surface area contributed by atoms with Gasteiger partial charge in [0.15, 0.2) is 0 Å². The first-order valence-electron chi connectivity index (χ1n) is 21.3. The van der Waals surface area contributed by atoms with Crippen LogP contribution < -0.4 is 31.9 Å². The summed E-state index contributed by atoms with van der Waals surface area (Å²) in [4.78, 5) is 101. The molecular weight excluding hydrogens is 781 g/mol. The number of rotatable bonds is 12. The zero-order valence-corrected chi connectivity index (χ0v) is 36.4. The molecule has 0 bridgehead atoms. The number of nitrogens with one attached hydrogen (secondary N) is 7. The summed E-state index contributed by atoms with van der Waals surface area (Å²) in [6.45, 7) is 10.9. The van der Waals surface area contributed by atoms with Gasteiger partial charge in [0.2, 0.25) is 29.5 Å². The SMILES string of the molecule is CC[C@H](C)[C@H](NC(=O)N[C@@H]1CCCCNC(=O)[C@H](Cc2ccccc2)NC(=O)[C@H](Cc2c[nH]c3ccccc23)N(C)C(=O)[C@H](CC(C)C)NC(=O)[C@H](C(C)C)NC1=O)C(=O)O. The predicted octanol–water partition coefficient (Wildman–Crippen LogP) is 3.40. The van der Waals surface area contributed by atoms with Crippen molar-refractivity contribution in [2.45, 2.75) is 123 Å². The van der Waals surface area contributed by atoms with Gasteiger partial charge in [-0.15, -0.1) is 0 Å². The molecule has 1 aliphatic heterocycles. The molecule has 0 unspecified atom stereocenters. The lowest BCUT2D eigenvalue weighted by Crippen LogP contribution is -2.61. The molecule has 1 aliphatic rings. The van der Waals surface area contributed by atoms with Crippen molar-refractivity contribution in [2.75, 3.05) is 13.6 Å². The minimum Gasteiger partial charge on any atom is -0.480 e. The van der Waals surface area contributed by atoms with E-state index in [-0.39, 0.29) is 38.1 Å². The lowest BCUT2D eigenvalue weighted by Gasteiger charge is -2.33. The molecule has 1 aromatic heterocycles. The number of aromatic amines is 1. The number of urea groups is 1. The van der Waals surface area contributed by atoms with Crippen molar-refractivity contribution in [1.82, 2.24) is 41.8 Å². The second-order valence-corrected chi connectivity index (χ2v) is 16.9. The molecule has 0 spiro atoms. The second kappa shape index (κ2) is 22.6. The van der Waals surface area contributed by atoms with Crippen molar-refractivity contribution in [2.24, 2.45) is 17.8 Å². The maximum Gasteiger partial charge on any atom is 0.326 e. The average Bonchev–Trinajstić information content (AvgIpc) is 3.63. The highest BCUT2D eigenvalue weighted by Gasteiger charge is 2.37. The van der Waals surface area contributed by atoms with E-state index in [2.05, 4.69) is 36.9 Å². The van der Waals surface area contributed by atoms with E-state index in [1.165, 1.54) is 11.9 Å². The molecule has 7 atom stereocenters. The maximum atomic E-state index is 14.6. The number of hydrogen-bond acceptors (Lipinski definition) is 7.